The van der Waals surface area contributed by atoms with E-state index in [2.05, 4.69) is 16.8 Å². The summed E-state index contributed by atoms with van der Waals surface area (Å²) in [5.41, 5.74) is 0.694. The lowest BCUT2D eigenvalue weighted by Gasteiger charge is -2.24. The SMILES string of the molecule is CCN1CCCC1Cn1c(CCl)nc2ccc(F)c(F)c21. The summed E-state index contributed by atoms with van der Waals surface area (Å²) in [6.45, 7) is 4.74. The van der Waals surface area contributed by atoms with Crippen LogP contribution >= 0.6 is 11.6 Å². The standard InChI is InChI=1S/C15H18ClF2N3/c1-2-20-7-3-4-10(20)9-21-13(8-16)19-12-6-5-11(17)14(18)15(12)21/h5-6,10H,2-4,7-9H2,1H3. The van der Waals surface area contributed by atoms with E-state index in [1.165, 1.54) is 6.07 Å². The van der Waals surface area contributed by atoms with Crippen LogP contribution in [0.4, 0.5) is 8.78 Å². The van der Waals surface area contributed by atoms with Gasteiger partial charge in [-0.2, -0.15) is 0 Å². The number of benzene rings is 1. The predicted octanol–water partition coefficient (Wildman–Crippen LogP) is 3.54. The zero-order chi connectivity index (χ0) is 15.0. The largest absolute Gasteiger partial charge is 0.323 e. The zero-order valence-corrected chi connectivity index (χ0v) is 12.7. The number of hydrogen-bond donors (Lipinski definition) is 0. The lowest BCUT2D eigenvalue weighted by molar-refractivity contribution is 0.244. The van der Waals surface area contributed by atoms with Gasteiger partial charge in [0.2, 0.25) is 0 Å². The molecule has 0 amide bonds. The minimum atomic E-state index is -0.844. The molecule has 0 saturated carbocycles. The van der Waals surface area contributed by atoms with Crippen molar-refractivity contribution in [2.75, 3.05) is 13.1 Å². The molecule has 1 aliphatic rings. The minimum absolute atomic E-state index is 0.189. The number of nitrogens with zero attached hydrogens (tertiary/aromatic N) is 3. The molecule has 0 N–H and O–H groups in total. The maximum Gasteiger partial charge on any atom is 0.184 e. The van der Waals surface area contributed by atoms with E-state index in [-0.39, 0.29) is 11.4 Å². The molecule has 114 valence electrons. The number of halogens is 3. The molecule has 2 heterocycles. The number of alkyl halides is 1. The van der Waals surface area contributed by atoms with Gasteiger partial charge < -0.3 is 4.57 Å². The third-order valence-corrected chi connectivity index (χ3v) is 4.54. The van der Waals surface area contributed by atoms with Crippen LogP contribution in [0, 0.1) is 11.6 Å². The molecule has 21 heavy (non-hydrogen) atoms. The molecule has 3 nitrogen and oxygen atoms in total. The van der Waals surface area contributed by atoms with Gasteiger partial charge in [-0.1, -0.05) is 6.92 Å². The highest BCUT2D eigenvalue weighted by molar-refractivity contribution is 6.16. The average molecular weight is 314 g/mol. The third kappa shape index (κ3) is 2.53. The Hall–Kier alpha value is -1.20. The van der Waals surface area contributed by atoms with Crippen LogP contribution in [0.5, 0.6) is 0 Å². The quantitative estimate of drug-likeness (QED) is 0.805. The molecule has 0 radical (unpaired) electrons. The maximum absolute atomic E-state index is 14.2. The van der Waals surface area contributed by atoms with Gasteiger partial charge in [0.15, 0.2) is 11.6 Å². The van der Waals surface area contributed by atoms with Gasteiger partial charge in [-0.25, -0.2) is 13.8 Å². The van der Waals surface area contributed by atoms with E-state index in [0.29, 0.717) is 23.9 Å². The molecule has 1 saturated heterocycles. The van der Waals surface area contributed by atoms with Crippen LogP contribution in [-0.4, -0.2) is 33.6 Å². The summed E-state index contributed by atoms with van der Waals surface area (Å²) in [5, 5.41) is 0. The second-order valence-corrected chi connectivity index (χ2v) is 5.69. The maximum atomic E-state index is 14.2. The summed E-state index contributed by atoms with van der Waals surface area (Å²) in [6, 6.07) is 2.95. The van der Waals surface area contributed by atoms with E-state index in [1.54, 1.807) is 4.57 Å². The fourth-order valence-electron chi connectivity index (χ4n) is 3.23. The highest BCUT2D eigenvalue weighted by Gasteiger charge is 2.26. The van der Waals surface area contributed by atoms with Gasteiger partial charge >= 0.3 is 0 Å². The Kier molecular flexibility index (Phi) is 4.13. The molecule has 0 aliphatic carbocycles. The monoisotopic (exact) mass is 313 g/mol. The Bertz CT molecular complexity index is 656. The summed E-state index contributed by atoms with van der Waals surface area (Å²) >= 11 is 5.94. The second-order valence-electron chi connectivity index (χ2n) is 5.43. The molecule has 1 unspecified atom stereocenters. The second kappa shape index (κ2) is 5.89. The number of likely N-dealkylation sites (N-methyl/N-ethyl adjacent to an activating group) is 1. The van der Waals surface area contributed by atoms with Crippen molar-refractivity contribution in [3.63, 3.8) is 0 Å². The van der Waals surface area contributed by atoms with Crippen LogP contribution in [0.15, 0.2) is 12.1 Å². The molecule has 1 aromatic heterocycles. The first-order chi connectivity index (χ1) is 10.2. The van der Waals surface area contributed by atoms with Crippen LogP contribution in [-0.2, 0) is 12.4 Å². The van der Waals surface area contributed by atoms with Crippen molar-refractivity contribution in [1.82, 2.24) is 14.5 Å². The molecular formula is C15H18ClF2N3. The van der Waals surface area contributed by atoms with E-state index in [9.17, 15) is 8.78 Å². The van der Waals surface area contributed by atoms with E-state index in [1.807, 2.05) is 0 Å². The van der Waals surface area contributed by atoms with Gasteiger partial charge in [0.05, 0.1) is 11.4 Å². The van der Waals surface area contributed by atoms with E-state index < -0.39 is 11.6 Å². The molecule has 0 bridgehead atoms. The number of aromatic nitrogens is 2. The van der Waals surface area contributed by atoms with Crippen LogP contribution < -0.4 is 0 Å². The molecule has 2 aromatic rings. The highest BCUT2D eigenvalue weighted by Crippen LogP contribution is 2.26. The Balaban J connectivity index is 2.05. The fraction of sp³-hybridized carbons (Fsp3) is 0.533. The van der Waals surface area contributed by atoms with Crippen LogP contribution in [0.3, 0.4) is 0 Å². The van der Waals surface area contributed by atoms with Gasteiger partial charge in [-0.3, -0.25) is 4.90 Å². The summed E-state index contributed by atoms with van der Waals surface area (Å²) in [5.74, 6) is -0.894. The van der Waals surface area contributed by atoms with Gasteiger partial charge in [-0.15, -0.1) is 11.6 Å². The molecule has 1 fully saturated rings. The van der Waals surface area contributed by atoms with Gasteiger partial charge in [0.25, 0.3) is 0 Å². The predicted molar refractivity (Wildman–Crippen MR) is 79.5 cm³/mol. The summed E-state index contributed by atoms with van der Waals surface area (Å²) in [6.07, 6.45) is 2.20. The lowest BCUT2D eigenvalue weighted by Crippen LogP contribution is -2.33. The number of imidazole rings is 1. The van der Waals surface area contributed by atoms with Crippen molar-refractivity contribution >= 4 is 22.6 Å². The van der Waals surface area contributed by atoms with Crippen molar-refractivity contribution < 1.29 is 8.78 Å². The summed E-state index contributed by atoms with van der Waals surface area (Å²) < 4.78 is 29.5. The topological polar surface area (TPSA) is 21.1 Å². The molecule has 6 heteroatoms. The Morgan fingerprint density at radius 1 is 1.38 bits per heavy atom. The molecule has 3 rings (SSSR count). The van der Waals surface area contributed by atoms with E-state index in [0.717, 1.165) is 32.0 Å². The summed E-state index contributed by atoms with van der Waals surface area (Å²) in [7, 11) is 0. The van der Waals surface area contributed by atoms with Gasteiger partial charge in [-0.05, 0) is 38.1 Å². The van der Waals surface area contributed by atoms with E-state index >= 15 is 0 Å². The zero-order valence-electron chi connectivity index (χ0n) is 12.0. The molecule has 1 aliphatic heterocycles. The molecule has 1 atom stereocenters. The van der Waals surface area contributed by atoms with Crippen LogP contribution in [0.2, 0.25) is 0 Å². The molecule has 1 aromatic carbocycles. The van der Waals surface area contributed by atoms with Crippen molar-refractivity contribution in [3.8, 4) is 0 Å². The molecular weight excluding hydrogens is 296 g/mol. The average Bonchev–Trinajstić information content (AvgIpc) is 3.08. The first-order valence-corrected chi connectivity index (χ1v) is 7.82. The number of hydrogen-bond acceptors (Lipinski definition) is 2. The van der Waals surface area contributed by atoms with Crippen molar-refractivity contribution in [1.29, 1.82) is 0 Å². The minimum Gasteiger partial charge on any atom is -0.323 e. The van der Waals surface area contributed by atoms with Crippen LogP contribution in [0.1, 0.15) is 25.6 Å². The number of rotatable bonds is 4. The first-order valence-electron chi connectivity index (χ1n) is 7.28. The summed E-state index contributed by atoms with van der Waals surface area (Å²) in [4.78, 5) is 6.69. The first kappa shape index (κ1) is 14.7. The van der Waals surface area contributed by atoms with Crippen molar-refractivity contribution in [3.05, 3.63) is 29.6 Å². The fourth-order valence-corrected chi connectivity index (χ4v) is 3.44. The highest BCUT2D eigenvalue weighted by atomic mass is 35.5. The van der Waals surface area contributed by atoms with Crippen molar-refractivity contribution in [2.24, 2.45) is 0 Å². The smallest absolute Gasteiger partial charge is 0.184 e. The number of fused-ring (bicyclic) bond motifs is 1. The van der Waals surface area contributed by atoms with Crippen LogP contribution in [0.25, 0.3) is 11.0 Å². The lowest BCUT2D eigenvalue weighted by atomic mass is 10.2. The Morgan fingerprint density at radius 3 is 2.90 bits per heavy atom. The Labute approximate surface area is 127 Å². The Morgan fingerprint density at radius 2 is 2.19 bits per heavy atom. The third-order valence-electron chi connectivity index (χ3n) is 4.30. The normalized spacial score (nSPS) is 19.7. The van der Waals surface area contributed by atoms with E-state index in [4.69, 9.17) is 11.6 Å². The molecule has 0 spiro atoms. The van der Waals surface area contributed by atoms with Gasteiger partial charge in [0.1, 0.15) is 11.3 Å². The van der Waals surface area contributed by atoms with Crippen molar-refractivity contribution in [2.45, 2.75) is 38.2 Å². The van der Waals surface area contributed by atoms with Gasteiger partial charge in [0, 0.05) is 12.6 Å². The number of likely N-dealkylation sites (tertiary alicyclic amines) is 1.